The SMILES string of the molecule is O=Nc1ccccc1-n1nc2ccccc2n1. The van der Waals surface area contributed by atoms with Crippen molar-refractivity contribution in [1.29, 1.82) is 0 Å². The second-order valence-corrected chi connectivity index (χ2v) is 3.56. The highest BCUT2D eigenvalue weighted by atomic mass is 16.3. The zero-order valence-electron chi connectivity index (χ0n) is 8.82. The summed E-state index contributed by atoms with van der Waals surface area (Å²) in [5.41, 5.74) is 2.48. The minimum absolute atomic E-state index is 0.327. The number of para-hydroxylation sites is 1. The number of aromatic nitrogens is 3. The van der Waals surface area contributed by atoms with Crippen molar-refractivity contribution in [3.63, 3.8) is 0 Å². The van der Waals surface area contributed by atoms with Crippen LogP contribution in [0.3, 0.4) is 0 Å². The van der Waals surface area contributed by atoms with Crippen LogP contribution in [0.5, 0.6) is 0 Å². The minimum atomic E-state index is 0.327. The summed E-state index contributed by atoms with van der Waals surface area (Å²) in [5, 5.41) is 11.6. The molecule has 0 bridgehead atoms. The Hall–Kier alpha value is -2.56. The van der Waals surface area contributed by atoms with E-state index in [1.165, 1.54) is 4.80 Å². The lowest BCUT2D eigenvalue weighted by atomic mass is 10.3. The van der Waals surface area contributed by atoms with Crippen molar-refractivity contribution >= 4 is 16.7 Å². The summed E-state index contributed by atoms with van der Waals surface area (Å²) in [7, 11) is 0. The Morgan fingerprint density at radius 1 is 0.882 bits per heavy atom. The van der Waals surface area contributed by atoms with Crippen molar-refractivity contribution in [2.45, 2.75) is 0 Å². The summed E-state index contributed by atoms with van der Waals surface area (Å²) in [6, 6.07) is 14.5. The van der Waals surface area contributed by atoms with Crippen molar-refractivity contribution < 1.29 is 0 Å². The van der Waals surface area contributed by atoms with E-state index >= 15 is 0 Å². The predicted molar refractivity (Wildman–Crippen MR) is 64.3 cm³/mol. The Morgan fingerprint density at radius 2 is 1.47 bits per heavy atom. The summed E-state index contributed by atoms with van der Waals surface area (Å²) >= 11 is 0. The zero-order valence-corrected chi connectivity index (χ0v) is 8.82. The second-order valence-electron chi connectivity index (χ2n) is 3.56. The van der Waals surface area contributed by atoms with Crippen LogP contribution in [0.25, 0.3) is 16.7 Å². The standard InChI is InChI=1S/C12H8N4O/c17-15-11-7-3-4-8-12(11)16-13-9-5-1-2-6-10(9)14-16/h1-8H. The minimum Gasteiger partial charge on any atom is -0.148 e. The number of hydrogen-bond donors (Lipinski definition) is 0. The lowest BCUT2D eigenvalue weighted by molar-refractivity contribution is 0.766. The number of fused-ring (bicyclic) bond motifs is 1. The van der Waals surface area contributed by atoms with Crippen LogP contribution in [0, 0.1) is 4.91 Å². The molecule has 0 radical (unpaired) electrons. The molecule has 3 aromatic rings. The third-order valence-corrected chi connectivity index (χ3v) is 2.48. The highest BCUT2D eigenvalue weighted by Crippen LogP contribution is 2.22. The Labute approximate surface area is 96.7 Å². The summed E-state index contributed by atoms with van der Waals surface area (Å²) in [4.78, 5) is 12.1. The first kappa shape index (κ1) is 9.65. The van der Waals surface area contributed by atoms with Crippen molar-refractivity contribution in [2.75, 3.05) is 0 Å². The molecule has 0 aliphatic carbocycles. The van der Waals surface area contributed by atoms with Gasteiger partial charge in [-0.15, -0.1) is 19.9 Å². The molecule has 3 rings (SSSR count). The first-order chi connectivity index (χ1) is 8.38. The van der Waals surface area contributed by atoms with E-state index in [0.717, 1.165) is 11.0 Å². The highest BCUT2D eigenvalue weighted by Gasteiger charge is 2.08. The molecular formula is C12H8N4O. The van der Waals surface area contributed by atoms with Gasteiger partial charge in [0.15, 0.2) is 0 Å². The van der Waals surface area contributed by atoms with E-state index in [4.69, 9.17) is 0 Å². The lowest BCUT2D eigenvalue weighted by Crippen LogP contribution is -1.98. The molecule has 0 aliphatic rings. The van der Waals surface area contributed by atoms with E-state index in [1.54, 1.807) is 18.2 Å². The van der Waals surface area contributed by atoms with Gasteiger partial charge in [0, 0.05) is 0 Å². The molecule has 0 N–H and O–H groups in total. The van der Waals surface area contributed by atoms with Crippen LogP contribution >= 0.6 is 0 Å². The van der Waals surface area contributed by atoms with Gasteiger partial charge in [0.2, 0.25) is 0 Å². The second kappa shape index (κ2) is 3.79. The number of rotatable bonds is 2. The van der Waals surface area contributed by atoms with E-state index in [2.05, 4.69) is 15.4 Å². The van der Waals surface area contributed by atoms with E-state index in [-0.39, 0.29) is 0 Å². The average molecular weight is 224 g/mol. The average Bonchev–Trinajstić information content (AvgIpc) is 2.82. The Bertz CT molecular complexity index is 657. The zero-order chi connectivity index (χ0) is 11.7. The van der Waals surface area contributed by atoms with Crippen LogP contribution in [-0.4, -0.2) is 15.0 Å². The van der Waals surface area contributed by atoms with Gasteiger partial charge < -0.3 is 0 Å². The van der Waals surface area contributed by atoms with Gasteiger partial charge in [-0.25, -0.2) is 0 Å². The molecule has 1 heterocycles. The summed E-state index contributed by atoms with van der Waals surface area (Å²) < 4.78 is 0. The number of benzene rings is 2. The molecular weight excluding hydrogens is 216 g/mol. The first-order valence-corrected chi connectivity index (χ1v) is 5.13. The van der Waals surface area contributed by atoms with Crippen molar-refractivity contribution in [1.82, 2.24) is 15.0 Å². The van der Waals surface area contributed by atoms with Gasteiger partial charge in [0.05, 0.1) is 0 Å². The molecule has 0 unspecified atom stereocenters. The van der Waals surface area contributed by atoms with Gasteiger partial charge in [-0.3, -0.25) is 0 Å². The Kier molecular flexibility index (Phi) is 2.15. The molecule has 0 fully saturated rings. The predicted octanol–water partition coefficient (Wildman–Crippen LogP) is 2.82. The quantitative estimate of drug-likeness (QED) is 0.629. The molecule has 0 aliphatic heterocycles. The molecule has 2 aromatic carbocycles. The lowest BCUT2D eigenvalue weighted by Gasteiger charge is -1.99. The summed E-state index contributed by atoms with van der Waals surface area (Å²) in [5.74, 6) is 0. The number of nitroso groups, excluding NO2 is 1. The van der Waals surface area contributed by atoms with Crippen LogP contribution in [0.4, 0.5) is 5.69 Å². The Morgan fingerprint density at radius 3 is 2.12 bits per heavy atom. The van der Waals surface area contributed by atoms with Crippen LogP contribution in [0.15, 0.2) is 53.7 Å². The van der Waals surface area contributed by atoms with Crippen molar-refractivity contribution in [2.24, 2.45) is 5.18 Å². The molecule has 0 amide bonds. The van der Waals surface area contributed by atoms with Crippen molar-refractivity contribution in [3.05, 3.63) is 53.4 Å². The topological polar surface area (TPSA) is 60.1 Å². The summed E-state index contributed by atoms with van der Waals surface area (Å²) in [6.45, 7) is 0. The van der Waals surface area contributed by atoms with Gasteiger partial charge >= 0.3 is 0 Å². The van der Waals surface area contributed by atoms with Gasteiger partial charge in [-0.05, 0) is 29.4 Å². The monoisotopic (exact) mass is 224 g/mol. The molecule has 0 spiro atoms. The van der Waals surface area contributed by atoms with Gasteiger partial charge in [-0.2, -0.15) is 0 Å². The van der Waals surface area contributed by atoms with Gasteiger partial charge in [0.1, 0.15) is 22.4 Å². The number of nitrogens with zero attached hydrogens (tertiary/aromatic N) is 4. The largest absolute Gasteiger partial charge is 0.148 e. The molecule has 0 atom stereocenters. The molecule has 82 valence electrons. The normalized spacial score (nSPS) is 10.6. The smallest absolute Gasteiger partial charge is 0.135 e. The van der Waals surface area contributed by atoms with Gasteiger partial charge in [-0.1, -0.05) is 24.3 Å². The van der Waals surface area contributed by atoms with Crippen LogP contribution in [0.2, 0.25) is 0 Å². The summed E-state index contributed by atoms with van der Waals surface area (Å²) in [6.07, 6.45) is 0. The number of hydrogen-bond acceptors (Lipinski definition) is 4. The third-order valence-electron chi connectivity index (χ3n) is 2.48. The van der Waals surface area contributed by atoms with E-state index < -0.39 is 0 Å². The van der Waals surface area contributed by atoms with Crippen LogP contribution in [0.1, 0.15) is 0 Å². The van der Waals surface area contributed by atoms with Crippen LogP contribution < -0.4 is 0 Å². The Balaban J connectivity index is 2.23. The molecule has 5 nitrogen and oxygen atoms in total. The van der Waals surface area contributed by atoms with Gasteiger partial charge in [0.25, 0.3) is 0 Å². The maximum absolute atomic E-state index is 10.7. The van der Waals surface area contributed by atoms with E-state index in [0.29, 0.717) is 11.4 Å². The van der Waals surface area contributed by atoms with E-state index in [9.17, 15) is 4.91 Å². The van der Waals surface area contributed by atoms with Crippen molar-refractivity contribution in [3.8, 4) is 5.69 Å². The fourth-order valence-electron chi connectivity index (χ4n) is 1.68. The third kappa shape index (κ3) is 1.57. The highest BCUT2D eigenvalue weighted by molar-refractivity contribution is 5.74. The molecule has 5 heteroatoms. The van der Waals surface area contributed by atoms with E-state index in [1.807, 2.05) is 30.3 Å². The van der Waals surface area contributed by atoms with Crippen LogP contribution in [-0.2, 0) is 0 Å². The molecule has 0 saturated heterocycles. The maximum Gasteiger partial charge on any atom is 0.135 e. The molecule has 1 aromatic heterocycles. The molecule has 0 saturated carbocycles. The maximum atomic E-state index is 10.7. The fraction of sp³-hybridized carbons (Fsp3) is 0. The molecule has 17 heavy (non-hydrogen) atoms. The first-order valence-electron chi connectivity index (χ1n) is 5.13. The fourth-order valence-corrected chi connectivity index (χ4v) is 1.68.